The molecule has 11 heteroatoms. The van der Waals surface area contributed by atoms with Crippen molar-refractivity contribution in [2.24, 2.45) is 0 Å². The van der Waals surface area contributed by atoms with E-state index in [9.17, 15) is 4.79 Å². The highest BCUT2D eigenvalue weighted by molar-refractivity contribution is 6.37. The topological polar surface area (TPSA) is 95.9 Å². The summed E-state index contributed by atoms with van der Waals surface area (Å²) in [5, 5.41) is 5.67. The highest BCUT2D eigenvalue weighted by Crippen LogP contribution is 2.36. The molecule has 5 rings (SSSR count). The number of ether oxygens (including phenoxy) is 1. The van der Waals surface area contributed by atoms with Crippen LogP contribution in [0.4, 0.5) is 0 Å². The molecule has 0 saturated carbocycles. The summed E-state index contributed by atoms with van der Waals surface area (Å²) in [6.45, 7) is 2.65. The van der Waals surface area contributed by atoms with Gasteiger partial charge in [-0.3, -0.25) is 4.79 Å². The van der Waals surface area contributed by atoms with Crippen LogP contribution < -0.4 is 4.74 Å². The summed E-state index contributed by atoms with van der Waals surface area (Å²) in [6.07, 6.45) is 2.90. The second-order valence-corrected chi connectivity index (χ2v) is 8.65. The van der Waals surface area contributed by atoms with Crippen molar-refractivity contribution in [1.82, 2.24) is 24.7 Å². The number of fused-ring (bicyclic) bond motifs is 1. The minimum absolute atomic E-state index is 0.165. The molecule has 0 saturated heterocycles. The fourth-order valence-electron chi connectivity index (χ4n) is 3.70. The third kappa shape index (κ3) is 4.48. The van der Waals surface area contributed by atoms with E-state index in [1.54, 1.807) is 35.0 Å². The molecule has 0 aliphatic carbocycles. The van der Waals surface area contributed by atoms with E-state index in [-0.39, 0.29) is 22.4 Å². The lowest BCUT2D eigenvalue weighted by atomic mass is 10.1. The normalized spacial score (nSPS) is 11.2. The maximum atomic E-state index is 13.6. The third-order valence-corrected chi connectivity index (χ3v) is 6.26. The molecule has 0 N–H and O–H groups in total. The molecule has 0 unspecified atom stereocenters. The second kappa shape index (κ2) is 9.65. The van der Waals surface area contributed by atoms with Crippen LogP contribution in [0.5, 0.6) is 5.75 Å². The average molecular weight is 529 g/mol. The maximum absolute atomic E-state index is 13.6. The minimum atomic E-state index is -0.526. The number of hydrogen-bond acceptors (Lipinski definition) is 7. The molecule has 0 fully saturated rings. The highest BCUT2D eigenvalue weighted by Gasteiger charge is 2.28. The molecule has 0 aliphatic rings. The SMILES string of the molecule is CCOc1ccc2c(c1)c(C(=O)c1nc(-c3ccncn3)no1)c(Cl)n2Cc1ccc(Cl)cc1Cl. The molecule has 5 aromatic rings. The molecule has 3 aromatic heterocycles. The van der Waals surface area contributed by atoms with Gasteiger partial charge in [-0.1, -0.05) is 46.0 Å². The summed E-state index contributed by atoms with van der Waals surface area (Å²) in [7, 11) is 0. The van der Waals surface area contributed by atoms with E-state index >= 15 is 0 Å². The predicted octanol–water partition coefficient (Wildman–Crippen LogP) is 6.12. The Morgan fingerprint density at radius 3 is 2.71 bits per heavy atom. The summed E-state index contributed by atoms with van der Waals surface area (Å²) in [5.41, 5.74) is 2.13. The van der Waals surface area contributed by atoms with E-state index in [1.165, 1.54) is 6.33 Å². The number of rotatable bonds is 7. The molecule has 8 nitrogen and oxygen atoms in total. The van der Waals surface area contributed by atoms with Crippen LogP contribution in [-0.4, -0.2) is 37.1 Å². The quantitative estimate of drug-likeness (QED) is 0.235. The van der Waals surface area contributed by atoms with Gasteiger partial charge >= 0.3 is 0 Å². The number of ketones is 1. The molecular weight excluding hydrogens is 513 g/mol. The van der Waals surface area contributed by atoms with Crippen LogP contribution in [0.25, 0.3) is 22.4 Å². The van der Waals surface area contributed by atoms with Crippen LogP contribution in [-0.2, 0) is 6.54 Å². The summed E-state index contributed by atoms with van der Waals surface area (Å²) in [4.78, 5) is 25.7. The minimum Gasteiger partial charge on any atom is -0.494 e. The Hall–Kier alpha value is -3.46. The van der Waals surface area contributed by atoms with Crippen LogP contribution in [0.2, 0.25) is 15.2 Å². The first-order chi connectivity index (χ1) is 17.0. The number of benzene rings is 2. The smallest absolute Gasteiger partial charge is 0.299 e. The van der Waals surface area contributed by atoms with Crippen molar-refractivity contribution in [3.8, 4) is 17.3 Å². The fraction of sp³-hybridized carbons (Fsp3) is 0.125. The first-order valence-corrected chi connectivity index (χ1v) is 11.6. The van der Waals surface area contributed by atoms with Crippen molar-refractivity contribution in [1.29, 1.82) is 0 Å². The van der Waals surface area contributed by atoms with Gasteiger partial charge < -0.3 is 13.8 Å². The number of nitrogens with zero attached hydrogens (tertiary/aromatic N) is 5. The Balaban J connectivity index is 1.62. The van der Waals surface area contributed by atoms with Gasteiger partial charge in [-0.15, -0.1) is 0 Å². The Morgan fingerprint density at radius 1 is 1.11 bits per heavy atom. The van der Waals surface area contributed by atoms with E-state index < -0.39 is 5.78 Å². The molecule has 2 aromatic carbocycles. The largest absolute Gasteiger partial charge is 0.494 e. The third-order valence-electron chi connectivity index (χ3n) is 5.28. The van der Waals surface area contributed by atoms with E-state index in [4.69, 9.17) is 44.1 Å². The van der Waals surface area contributed by atoms with Gasteiger partial charge in [0, 0.05) is 21.6 Å². The zero-order chi connectivity index (χ0) is 24.5. The average Bonchev–Trinajstić information content (AvgIpc) is 3.45. The van der Waals surface area contributed by atoms with Gasteiger partial charge in [-0.05, 0) is 48.9 Å². The summed E-state index contributed by atoms with van der Waals surface area (Å²) >= 11 is 19.3. The van der Waals surface area contributed by atoms with E-state index in [0.29, 0.717) is 45.5 Å². The lowest BCUT2D eigenvalue weighted by Gasteiger charge is -2.10. The van der Waals surface area contributed by atoms with Crippen LogP contribution in [0.3, 0.4) is 0 Å². The van der Waals surface area contributed by atoms with Gasteiger partial charge in [0.15, 0.2) is 0 Å². The standard InChI is InChI=1S/C24H16Cl3N5O3/c1-2-34-15-5-6-19-16(10-15)20(22(27)32(19)11-13-3-4-14(25)9-17(13)26)21(33)24-30-23(31-35-24)18-7-8-28-12-29-18/h3-10,12H,2,11H2,1H3. The zero-order valence-corrected chi connectivity index (χ0v) is 20.5. The molecule has 0 radical (unpaired) electrons. The van der Waals surface area contributed by atoms with Gasteiger partial charge in [0.2, 0.25) is 5.82 Å². The summed E-state index contributed by atoms with van der Waals surface area (Å²) in [5.74, 6) is 0.0199. The molecule has 176 valence electrons. The monoisotopic (exact) mass is 527 g/mol. The number of halogens is 3. The summed E-state index contributed by atoms with van der Waals surface area (Å²) < 4.78 is 12.7. The van der Waals surface area contributed by atoms with Crippen LogP contribution in [0.15, 0.2) is 59.5 Å². The molecule has 0 aliphatic heterocycles. The van der Waals surface area contributed by atoms with Crippen molar-refractivity contribution in [3.05, 3.63) is 87.2 Å². The lowest BCUT2D eigenvalue weighted by molar-refractivity contribution is 0.0995. The number of aromatic nitrogens is 5. The van der Waals surface area contributed by atoms with E-state index in [1.807, 2.05) is 25.1 Å². The Morgan fingerprint density at radius 2 is 1.97 bits per heavy atom. The Bertz CT molecular complexity index is 1550. The van der Waals surface area contributed by atoms with Gasteiger partial charge in [0.05, 0.1) is 24.2 Å². The van der Waals surface area contributed by atoms with Crippen molar-refractivity contribution in [3.63, 3.8) is 0 Å². The molecule has 3 heterocycles. The number of hydrogen-bond donors (Lipinski definition) is 0. The highest BCUT2D eigenvalue weighted by atomic mass is 35.5. The van der Waals surface area contributed by atoms with Crippen molar-refractivity contribution >= 4 is 51.5 Å². The van der Waals surface area contributed by atoms with Crippen LogP contribution in [0.1, 0.15) is 28.7 Å². The van der Waals surface area contributed by atoms with Gasteiger partial charge in [-0.2, -0.15) is 4.98 Å². The predicted molar refractivity (Wildman–Crippen MR) is 132 cm³/mol. The van der Waals surface area contributed by atoms with Crippen molar-refractivity contribution < 1.29 is 14.1 Å². The van der Waals surface area contributed by atoms with Gasteiger partial charge in [0.1, 0.15) is 22.9 Å². The Kier molecular flexibility index (Phi) is 6.42. The lowest BCUT2D eigenvalue weighted by Crippen LogP contribution is -2.04. The first kappa shape index (κ1) is 23.3. The van der Waals surface area contributed by atoms with Crippen LogP contribution in [0, 0.1) is 0 Å². The zero-order valence-electron chi connectivity index (χ0n) is 18.2. The van der Waals surface area contributed by atoms with Crippen LogP contribution >= 0.6 is 34.8 Å². The van der Waals surface area contributed by atoms with Gasteiger partial charge in [-0.25, -0.2) is 9.97 Å². The summed E-state index contributed by atoms with van der Waals surface area (Å²) in [6, 6.07) is 12.2. The van der Waals surface area contributed by atoms with Gasteiger partial charge in [0.25, 0.3) is 11.7 Å². The molecule has 0 atom stereocenters. The maximum Gasteiger partial charge on any atom is 0.299 e. The number of carbonyl (C=O) groups is 1. The van der Waals surface area contributed by atoms with E-state index in [2.05, 4.69) is 20.1 Å². The first-order valence-electron chi connectivity index (χ1n) is 10.5. The second-order valence-electron chi connectivity index (χ2n) is 7.45. The molecule has 0 amide bonds. The van der Waals surface area contributed by atoms with E-state index in [0.717, 1.165) is 5.56 Å². The fourth-order valence-corrected chi connectivity index (χ4v) is 4.51. The Labute approximate surface area is 214 Å². The molecule has 35 heavy (non-hydrogen) atoms. The molecule has 0 bridgehead atoms. The van der Waals surface area contributed by atoms with Crippen molar-refractivity contribution in [2.45, 2.75) is 13.5 Å². The van der Waals surface area contributed by atoms with Crippen molar-refractivity contribution in [2.75, 3.05) is 6.61 Å². The number of carbonyl (C=O) groups excluding carboxylic acids is 1. The molecule has 0 spiro atoms. The molecular formula is C24H16Cl3N5O3.